The lowest BCUT2D eigenvalue weighted by molar-refractivity contribution is -0.107. The molecule has 0 bridgehead atoms. The monoisotopic (exact) mass is 132 g/mol. The van der Waals surface area contributed by atoms with Crippen LogP contribution in [0.25, 0.3) is 0 Å². The van der Waals surface area contributed by atoms with Crippen molar-refractivity contribution in [1.82, 2.24) is 0 Å². The molecule has 0 aliphatic heterocycles. The second kappa shape index (κ2) is 7.67. The van der Waals surface area contributed by atoms with Gasteiger partial charge in [0.1, 0.15) is 6.29 Å². The van der Waals surface area contributed by atoms with Gasteiger partial charge in [-0.2, -0.15) is 0 Å². The van der Waals surface area contributed by atoms with E-state index in [0.717, 1.165) is 19.1 Å². The van der Waals surface area contributed by atoms with Crippen molar-refractivity contribution < 1.29 is 10.3 Å². The standard InChI is InChI=1S/C8H16O/c1-2-3-4-5-6-7-8-9/h8H,2-7H2,1H3/i1D2,2D2. The quantitative estimate of drug-likeness (QED) is 0.401. The number of unbranched alkanes of at least 4 members (excludes halogenated alkanes) is 3. The highest BCUT2D eigenvalue weighted by molar-refractivity contribution is 5.48. The molecule has 0 spiro atoms. The SMILES string of the molecule is [2H]C([2H])C([2H])([2H])CCCCCC=O. The molecule has 0 aromatic heterocycles. The molecule has 9 heavy (non-hydrogen) atoms. The van der Waals surface area contributed by atoms with Gasteiger partial charge in [-0.1, -0.05) is 32.5 Å². The van der Waals surface area contributed by atoms with Crippen LogP contribution in [0.1, 0.15) is 50.8 Å². The largest absolute Gasteiger partial charge is 0.303 e. The van der Waals surface area contributed by atoms with E-state index in [9.17, 15) is 4.79 Å². The Bertz CT molecular complexity index is 147. The predicted molar refractivity (Wildman–Crippen MR) is 39.4 cm³/mol. The molecule has 0 amide bonds. The molecule has 0 unspecified atom stereocenters. The molecule has 0 aliphatic carbocycles. The van der Waals surface area contributed by atoms with E-state index in [0.29, 0.717) is 12.8 Å². The molecule has 0 heterocycles. The first-order valence-electron chi connectivity index (χ1n) is 5.44. The summed E-state index contributed by atoms with van der Waals surface area (Å²) in [7, 11) is 0. The van der Waals surface area contributed by atoms with Crippen molar-refractivity contribution >= 4 is 6.29 Å². The van der Waals surface area contributed by atoms with Crippen molar-refractivity contribution in [2.24, 2.45) is 0 Å². The lowest BCUT2D eigenvalue weighted by atomic mass is 10.1. The van der Waals surface area contributed by atoms with Gasteiger partial charge in [0.25, 0.3) is 0 Å². The summed E-state index contributed by atoms with van der Waals surface area (Å²) in [6, 6.07) is 0. The first-order chi connectivity index (χ1) is 6.00. The van der Waals surface area contributed by atoms with Gasteiger partial charge < -0.3 is 4.79 Å². The van der Waals surface area contributed by atoms with Gasteiger partial charge in [0.05, 0.1) is 0 Å². The van der Waals surface area contributed by atoms with E-state index >= 15 is 0 Å². The summed E-state index contributed by atoms with van der Waals surface area (Å²) in [6.07, 6.45) is 2.13. The van der Waals surface area contributed by atoms with Crippen molar-refractivity contribution in [2.45, 2.75) is 45.4 Å². The number of hydrogen-bond acceptors (Lipinski definition) is 1. The maximum Gasteiger partial charge on any atom is 0.119 e. The van der Waals surface area contributed by atoms with Crippen LogP contribution in [0.15, 0.2) is 0 Å². The zero-order valence-corrected chi connectivity index (χ0v) is 5.60. The molecule has 0 saturated heterocycles. The fourth-order valence-electron chi connectivity index (χ4n) is 0.632. The van der Waals surface area contributed by atoms with Gasteiger partial charge in [-0.05, 0) is 6.42 Å². The molecular weight excluding hydrogens is 112 g/mol. The molecule has 0 fully saturated rings. The number of carbonyl (C=O) groups excluding carboxylic acids is 1. The Balaban J connectivity index is 3.46. The average Bonchev–Trinajstić information content (AvgIpc) is 2.03. The Labute approximate surface area is 63.1 Å². The zero-order chi connectivity index (χ0) is 10.3. The molecule has 0 rings (SSSR count). The highest BCUT2D eigenvalue weighted by atomic mass is 16.1. The molecule has 0 aliphatic rings. The number of aldehydes is 1. The first kappa shape index (κ1) is 3.75. The van der Waals surface area contributed by atoms with E-state index in [1.165, 1.54) is 0 Å². The second-order valence-corrected chi connectivity index (χ2v) is 1.97. The first-order valence-corrected chi connectivity index (χ1v) is 3.29. The molecule has 1 nitrogen and oxygen atoms in total. The van der Waals surface area contributed by atoms with Crippen LogP contribution in [0.4, 0.5) is 0 Å². The van der Waals surface area contributed by atoms with E-state index in [4.69, 9.17) is 5.48 Å². The molecule has 0 saturated carbocycles. The van der Waals surface area contributed by atoms with Crippen LogP contribution in [0.5, 0.6) is 0 Å². The van der Waals surface area contributed by atoms with Gasteiger partial charge in [-0.15, -0.1) is 0 Å². The summed E-state index contributed by atoms with van der Waals surface area (Å²) < 4.78 is 28.4. The van der Waals surface area contributed by atoms with Gasteiger partial charge in [0, 0.05) is 11.9 Å². The summed E-state index contributed by atoms with van der Waals surface area (Å²) >= 11 is 0. The molecule has 0 radical (unpaired) electrons. The van der Waals surface area contributed by atoms with Gasteiger partial charge in [-0.25, -0.2) is 0 Å². The molecule has 0 aromatic carbocycles. The molecular formula is C8H16O. The predicted octanol–water partition coefficient (Wildman–Crippen LogP) is 2.55. The van der Waals surface area contributed by atoms with Gasteiger partial charge in [0.15, 0.2) is 0 Å². The third kappa shape index (κ3) is 7.67. The van der Waals surface area contributed by atoms with Crippen molar-refractivity contribution in [3.05, 3.63) is 0 Å². The molecule has 0 N–H and O–H groups in total. The highest BCUT2D eigenvalue weighted by Gasteiger charge is 1.85. The van der Waals surface area contributed by atoms with Crippen LogP contribution in [0.3, 0.4) is 0 Å². The molecule has 0 atom stereocenters. The average molecular weight is 132 g/mol. The summed E-state index contributed by atoms with van der Waals surface area (Å²) in [5.74, 6) is 0. The van der Waals surface area contributed by atoms with Crippen LogP contribution in [0, 0.1) is 0 Å². The Kier molecular flexibility index (Phi) is 3.19. The number of rotatable bonds is 6. The van der Waals surface area contributed by atoms with Crippen LogP contribution >= 0.6 is 0 Å². The fraction of sp³-hybridized carbons (Fsp3) is 0.875. The van der Waals surface area contributed by atoms with E-state index in [1.54, 1.807) is 0 Å². The van der Waals surface area contributed by atoms with Crippen LogP contribution in [-0.2, 0) is 4.79 Å². The highest BCUT2D eigenvalue weighted by Crippen LogP contribution is 2.02. The lowest BCUT2D eigenvalue weighted by Crippen LogP contribution is -1.78. The molecule has 54 valence electrons. The number of hydrogen-bond donors (Lipinski definition) is 0. The molecule has 1 heteroatoms. The zero-order valence-electron chi connectivity index (χ0n) is 9.60. The summed E-state index contributed by atoms with van der Waals surface area (Å²) in [6.45, 7) is -1.42. The van der Waals surface area contributed by atoms with E-state index in [2.05, 4.69) is 0 Å². The van der Waals surface area contributed by atoms with Crippen LogP contribution in [0.2, 0.25) is 0 Å². The summed E-state index contributed by atoms with van der Waals surface area (Å²) in [4.78, 5) is 9.94. The minimum absolute atomic E-state index is 0.240. The lowest BCUT2D eigenvalue weighted by Gasteiger charge is -1.93. The Morgan fingerprint density at radius 3 is 2.89 bits per heavy atom. The van der Waals surface area contributed by atoms with Crippen molar-refractivity contribution in [3.8, 4) is 0 Å². The fourth-order valence-corrected chi connectivity index (χ4v) is 0.632. The number of carbonyl (C=O) groups is 1. The van der Waals surface area contributed by atoms with Crippen molar-refractivity contribution in [3.63, 3.8) is 0 Å². The van der Waals surface area contributed by atoms with Gasteiger partial charge >= 0.3 is 0 Å². The van der Waals surface area contributed by atoms with Gasteiger partial charge in [-0.3, -0.25) is 0 Å². The minimum Gasteiger partial charge on any atom is -0.303 e. The third-order valence-corrected chi connectivity index (χ3v) is 1.14. The topological polar surface area (TPSA) is 17.1 Å². The van der Waals surface area contributed by atoms with Crippen LogP contribution < -0.4 is 0 Å². The maximum atomic E-state index is 9.94. The minimum atomic E-state index is -1.71. The third-order valence-electron chi connectivity index (χ3n) is 1.14. The van der Waals surface area contributed by atoms with E-state index in [1.807, 2.05) is 0 Å². The Morgan fingerprint density at radius 2 is 2.22 bits per heavy atom. The van der Waals surface area contributed by atoms with E-state index < -0.39 is 13.2 Å². The maximum absolute atomic E-state index is 9.94. The second-order valence-electron chi connectivity index (χ2n) is 1.97. The summed E-state index contributed by atoms with van der Waals surface area (Å²) in [5.41, 5.74) is 0. The van der Waals surface area contributed by atoms with Gasteiger partial charge in [0.2, 0.25) is 0 Å². The Hall–Kier alpha value is -0.330. The Morgan fingerprint density at radius 1 is 1.44 bits per heavy atom. The summed E-state index contributed by atoms with van der Waals surface area (Å²) in [5, 5.41) is 0. The van der Waals surface area contributed by atoms with E-state index in [-0.39, 0.29) is 6.42 Å². The smallest absolute Gasteiger partial charge is 0.119 e. The molecule has 0 aromatic rings. The normalized spacial score (nSPS) is 17.9. The van der Waals surface area contributed by atoms with Crippen molar-refractivity contribution in [2.75, 3.05) is 0 Å². The van der Waals surface area contributed by atoms with Crippen LogP contribution in [-0.4, -0.2) is 6.29 Å². The van der Waals surface area contributed by atoms with Crippen molar-refractivity contribution in [1.29, 1.82) is 0 Å².